The van der Waals surface area contributed by atoms with Crippen LogP contribution in [0.1, 0.15) is 6.92 Å². The number of hydrogen-bond acceptors (Lipinski definition) is 4. The van der Waals surface area contributed by atoms with Gasteiger partial charge in [-0.3, -0.25) is 9.59 Å². The van der Waals surface area contributed by atoms with Crippen LogP contribution < -0.4 is 0 Å². The highest BCUT2D eigenvalue weighted by Crippen LogP contribution is 1.90. The zero-order valence-electron chi connectivity index (χ0n) is 6.06. The Hall–Kier alpha value is -1.52. The predicted molar refractivity (Wildman–Crippen MR) is 36.7 cm³/mol. The summed E-state index contributed by atoms with van der Waals surface area (Å²) >= 11 is 0. The van der Waals surface area contributed by atoms with Crippen LogP contribution in [0.3, 0.4) is 0 Å². The molecule has 5 heteroatoms. The lowest BCUT2D eigenvalue weighted by molar-refractivity contribution is -0.128. The summed E-state index contributed by atoms with van der Waals surface area (Å²) in [4.78, 5) is 19.1. The van der Waals surface area contributed by atoms with Gasteiger partial charge in [0.15, 0.2) is 0 Å². The van der Waals surface area contributed by atoms with Gasteiger partial charge in [0.25, 0.3) is 12.4 Å². The van der Waals surface area contributed by atoms with Crippen LogP contribution in [0.25, 0.3) is 0 Å². The molecule has 0 aromatic carbocycles. The van der Waals surface area contributed by atoms with Gasteiger partial charge in [-0.25, -0.2) is 0 Å². The summed E-state index contributed by atoms with van der Waals surface area (Å²) in [5.74, 6) is -0.269. The van der Waals surface area contributed by atoms with Crippen LogP contribution in [-0.2, 0) is 14.3 Å². The molecule has 1 heterocycles. The van der Waals surface area contributed by atoms with E-state index in [1.54, 1.807) is 6.92 Å². The van der Waals surface area contributed by atoms with E-state index < -0.39 is 0 Å². The second-order valence-corrected chi connectivity index (χ2v) is 1.42. The molecule has 1 aliphatic heterocycles. The molecular weight excluding hydrogens is 148 g/mol. The van der Waals surface area contributed by atoms with Crippen molar-refractivity contribution in [1.29, 1.82) is 0 Å². The van der Waals surface area contributed by atoms with Gasteiger partial charge >= 0.3 is 0 Å². The lowest BCUT2D eigenvalue weighted by atomic mass is 10.6. The normalized spacial score (nSPS) is 12.3. The van der Waals surface area contributed by atoms with Crippen LogP contribution in [0.15, 0.2) is 22.5 Å². The Bertz CT molecular complexity index is 172. The van der Waals surface area contributed by atoms with Crippen molar-refractivity contribution in [2.75, 3.05) is 6.61 Å². The van der Waals surface area contributed by atoms with Gasteiger partial charge in [-0.15, -0.1) is 5.11 Å². The average molecular weight is 156 g/mol. The zero-order valence-corrected chi connectivity index (χ0v) is 6.06. The fourth-order valence-corrected chi connectivity index (χ4v) is 0.289. The van der Waals surface area contributed by atoms with Crippen LogP contribution in [-0.4, -0.2) is 19.0 Å². The molecule has 0 aromatic heterocycles. The third-order valence-corrected chi connectivity index (χ3v) is 0.675. The Kier molecular flexibility index (Phi) is 5.69. The molecule has 0 spiro atoms. The van der Waals surface area contributed by atoms with E-state index in [0.29, 0.717) is 13.1 Å². The van der Waals surface area contributed by atoms with E-state index in [4.69, 9.17) is 0 Å². The second kappa shape index (κ2) is 6.60. The molecule has 1 amide bonds. The predicted octanol–water partition coefficient (Wildman–Crippen LogP) is 0.672. The summed E-state index contributed by atoms with van der Waals surface area (Å²) in [6.45, 7) is 2.66. The molecule has 5 nitrogen and oxygen atoms in total. The van der Waals surface area contributed by atoms with Crippen molar-refractivity contribution in [2.24, 2.45) is 10.2 Å². The minimum atomic E-state index is -0.269. The molecule has 0 N–H and O–H groups in total. The highest BCUT2D eigenvalue weighted by Gasteiger charge is 1.92. The molecule has 60 valence electrons. The zero-order chi connectivity index (χ0) is 8.53. The molecule has 0 aliphatic carbocycles. The molecule has 0 atom stereocenters. The topological polar surface area (TPSA) is 68.1 Å². The van der Waals surface area contributed by atoms with E-state index in [1.165, 1.54) is 12.3 Å². The fourth-order valence-electron chi connectivity index (χ4n) is 0.289. The van der Waals surface area contributed by atoms with Gasteiger partial charge in [0.1, 0.15) is 0 Å². The molecule has 1 rings (SSSR count). The van der Waals surface area contributed by atoms with Crippen LogP contribution in [0, 0.1) is 0 Å². The molecule has 0 aromatic rings. The molecule has 1 aliphatic rings. The van der Waals surface area contributed by atoms with Gasteiger partial charge in [-0.05, 0) is 6.92 Å². The molecule has 0 bridgehead atoms. The summed E-state index contributed by atoms with van der Waals surface area (Å²) in [6.07, 6.45) is 2.67. The highest BCUT2D eigenvalue weighted by molar-refractivity contribution is 5.89. The Morgan fingerprint density at radius 3 is 2.55 bits per heavy atom. The van der Waals surface area contributed by atoms with E-state index in [2.05, 4.69) is 15.0 Å². The van der Waals surface area contributed by atoms with E-state index in [0.717, 1.165) is 0 Å². The number of azo groups is 1. The molecule has 0 radical (unpaired) electrons. The number of nitrogens with zero attached hydrogens (tertiary/aromatic N) is 2. The highest BCUT2D eigenvalue weighted by atomic mass is 16.5. The van der Waals surface area contributed by atoms with Gasteiger partial charge in [-0.2, -0.15) is 5.11 Å². The van der Waals surface area contributed by atoms with Crippen LogP contribution in [0.2, 0.25) is 0 Å². The van der Waals surface area contributed by atoms with E-state index >= 15 is 0 Å². The van der Waals surface area contributed by atoms with Crippen molar-refractivity contribution < 1.29 is 14.3 Å². The van der Waals surface area contributed by atoms with E-state index in [1.807, 2.05) is 0 Å². The summed E-state index contributed by atoms with van der Waals surface area (Å²) < 4.78 is 4.15. The van der Waals surface area contributed by atoms with Gasteiger partial charge in [0.2, 0.25) is 0 Å². The fraction of sp³-hybridized carbons (Fsp3) is 0.333. The maximum atomic E-state index is 9.90. The monoisotopic (exact) mass is 156 g/mol. The first-order chi connectivity index (χ1) is 5.31. The molecule has 0 fully saturated rings. The quantitative estimate of drug-likeness (QED) is 0.552. The number of hydrogen-bond donors (Lipinski definition) is 0. The Morgan fingerprint density at radius 1 is 1.73 bits per heavy atom. The first-order valence-electron chi connectivity index (χ1n) is 2.98. The van der Waals surface area contributed by atoms with Crippen molar-refractivity contribution in [2.45, 2.75) is 6.92 Å². The number of carbonyl (C=O) groups excluding carboxylic acids is 2. The van der Waals surface area contributed by atoms with Crippen LogP contribution >= 0.6 is 0 Å². The minimum absolute atomic E-state index is 0.269. The Balaban J connectivity index is 0.000000187. The molecular formula is C6H8N2O3. The maximum Gasteiger partial charge on any atom is 0.293 e. The summed E-state index contributed by atoms with van der Waals surface area (Å²) in [6, 6.07) is 0. The van der Waals surface area contributed by atoms with Gasteiger partial charge < -0.3 is 4.74 Å². The molecule has 0 unspecified atom stereocenters. The molecule has 0 saturated carbocycles. The number of amides is 1. The number of carbonyl (C=O) groups is 2. The van der Waals surface area contributed by atoms with Gasteiger partial charge in [-0.1, -0.05) is 0 Å². The van der Waals surface area contributed by atoms with Crippen molar-refractivity contribution in [3.63, 3.8) is 0 Å². The number of ether oxygens (including phenoxy) is 1. The first kappa shape index (κ1) is 9.48. The maximum absolute atomic E-state index is 9.90. The largest absolute Gasteiger partial charge is 0.468 e. The minimum Gasteiger partial charge on any atom is -0.468 e. The smallest absolute Gasteiger partial charge is 0.293 e. The van der Waals surface area contributed by atoms with Crippen molar-refractivity contribution >= 4 is 12.4 Å². The molecule has 11 heavy (non-hydrogen) atoms. The molecule has 0 saturated heterocycles. The third-order valence-electron chi connectivity index (χ3n) is 0.675. The van der Waals surface area contributed by atoms with Crippen LogP contribution in [0.4, 0.5) is 0 Å². The van der Waals surface area contributed by atoms with E-state index in [-0.39, 0.29) is 5.91 Å². The van der Waals surface area contributed by atoms with Gasteiger partial charge in [0, 0.05) is 6.08 Å². The SMILES string of the molecule is CCOC=O.O=C1C=CN=N1. The second-order valence-electron chi connectivity index (χ2n) is 1.42. The Labute approximate surface area is 63.8 Å². The number of rotatable bonds is 2. The summed E-state index contributed by atoms with van der Waals surface area (Å²) in [5, 5.41) is 6.37. The van der Waals surface area contributed by atoms with Crippen molar-refractivity contribution in [3.05, 3.63) is 12.3 Å². The van der Waals surface area contributed by atoms with Gasteiger partial charge in [0.05, 0.1) is 12.8 Å². The third kappa shape index (κ3) is 6.36. The van der Waals surface area contributed by atoms with Crippen molar-refractivity contribution in [1.82, 2.24) is 0 Å². The van der Waals surface area contributed by atoms with Crippen molar-refractivity contribution in [3.8, 4) is 0 Å². The van der Waals surface area contributed by atoms with E-state index in [9.17, 15) is 9.59 Å². The standard InChI is InChI=1S/C3H2N2O.C3H6O2/c6-3-1-2-4-5-3;1-2-5-3-4/h1-2H;3H,2H2,1H3. The summed E-state index contributed by atoms with van der Waals surface area (Å²) in [7, 11) is 0. The average Bonchev–Trinajstić information content (AvgIpc) is 2.43. The lowest BCUT2D eigenvalue weighted by Gasteiger charge is -1.79. The first-order valence-corrected chi connectivity index (χ1v) is 2.98. The van der Waals surface area contributed by atoms with Crippen LogP contribution in [0.5, 0.6) is 0 Å². The Morgan fingerprint density at radius 2 is 2.45 bits per heavy atom. The lowest BCUT2D eigenvalue weighted by Crippen LogP contribution is -1.80. The summed E-state index contributed by atoms with van der Waals surface area (Å²) in [5.41, 5.74) is 0.